The zero-order chi connectivity index (χ0) is 15.0. The van der Waals surface area contributed by atoms with Gasteiger partial charge in [-0.2, -0.15) is 0 Å². The fourth-order valence-electron chi connectivity index (χ4n) is 2.00. The third kappa shape index (κ3) is 3.05. The highest BCUT2D eigenvalue weighted by atomic mass is 35.5. The van der Waals surface area contributed by atoms with Crippen LogP contribution in [0.15, 0.2) is 29.1 Å². The zero-order valence-electron chi connectivity index (χ0n) is 10.9. The lowest BCUT2D eigenvalue weighted by atomic mass is 10.2. The molecule has 0 amide bonds. The van der Waals surface area contributed by atoms with Crippen molar-refractivity contribution in [2.24, 2.45) is 0 Å². The standard InChI is InChI=1S/C14H12ClN3O3/c15-10-5-8(3-4-9(10)14(20)21)16-11-6-12(19)18-13(17-11)7-1-2-7/h3-7H,1-2H2,(H,20,21)(H2,16,17,18,19). The molecule has 1 aliphatic carbocycles. The SMILES string of the molecule is O=C(O)c1ccc(Nc2cc(=O)[nH]c(C3CC3)n2)cc1Cl. The number of nitrogens with one attached hydrogen (secondary N) is 2. The lowest BCUT2D eigenvalue weighted by molar-refractivity contribution is 0.0697. The first kappa shape index (κ1) is 13.6. The molecule has 0 aliphatic heterocycles. The Morgan fingerprint density at radius 3 is 2.76 bits per heavy atom. The van der Waals surface area contributed by atoms with E-state index in [2.05, 4.69) is 15.3 Å². The molecule has 21 heavy (non-hydrogen) atoms. The summed E-state index contributed by atoms with van der Waals surface area (Å²) in [7, 11) is 0. The molecule has 7 heteroatoms. The fourth-order valence-corrected chi connectivity index (χ4v) is 2.27. The molecule has 108 valence electrons. The van der Waals surface area contributed by atoms with Crippen molar-refractivity contribution in [1.82, 2.24) is 9.97 Å². The van der Waals surface area contributed by atoms with Gasteiger partial charge in [-0.25, -0.2) is 9.78 Å². The van der Waals surface area contributed by atoms with Gasteiger partial charge in [0.15, 0.2) is 0 Å². The molecule has 0 bridgehead atoms. The number of aromatic amines is 1. The number of anilines is 2. The molecule has 3 rings (SSSR count). The van der Waals surface area contributed by atoms with Gasteiger partial charge in [0.2, 0.25) is 0 Å². The molecule has 3 N–H and O–H groups in total. The van der Waals surface area contributed by atoms with Gasteiger partial charge in [-0.05, 0) is 31.0 Å². The lowest BCUT2D eigenvalue weighted by Gasteiger charge is -2.08. The van der Waals surface area contributed by atoms with Gasteiger partial charge in [-0.15, -0.1) is 0 Å². The number of aromatic nitrogens is 2. The number of rotatable bonds is 4. The molecular formula is C14H12ClN3O3. The Kier molecular flexibility index (Phi) is 3.39. The van der Waals surface area contributed by atoms with Gasteiger partial charge in [0.25, 0.3) is 5.56 Å². The molecule has 1 fully saturated rings. The van der Waals surface area contributed by atoms with Crippen molar-refractivity contribution in [1.29, 1.82) is 0 Å². The van der Waals surface area contributed by atoms with Gasteiger partial charge in [-0.1, -0.05) is 11.6 Å². The van der Waals surface area contributed by atoms with E-state index in [0.29, 0.717) is 23.2 Å². The molecule has 0 radical (unpaired) electrons. The molecule has 1 aromatic carbocycles. The fraction of sp³-hybridized carbons (Fsp3) is 0.214. The minimum absolute atomic E-state index is 0.0276. The van der Waals surface area contributed by atoms with Gasteiger partial charge in [-0.3, -0.25) is 4.79 Å². The first-order valence-corrected chi connectivity index (χ1v) is 6.82. The first-order valence-electron chi connectivity index (χ1n) is 6.44. The van der Waals surface area contributed by atoms with Crippen LogP contribution in [0.25, 0.3) is 0 Å². The van der Waals surface area contributed by atoms with Crippen LogP contribution in [0.5, 0.6) is 0 Å². The van der Waals surface area contributed by atoms with E-state index in [9.17, 15) is 9.59 Å². The Labute approximate surface area is 124 Å². The monoisotopic (exact) mass is 305 g/mol. The summed E-state index contributed by atoms with van der Waals surface area (Å²) < 4.78 is 0. The van der Waals surface area contributed by atoms with Crippen LogP contribution in [0, 0.1) is 0 Å². The second-order valence-corrected chi connectivity index (χ2v) is 5.32. The summed E-state index contributed by atoms with van der Waals surface area (Å²) in [5.74, 6) is 0.340. The summed E-state index contributed by atoms with van der Waals surface area (Å²) in [5, 5.41) is 12.0. The second kappa shape index (κ2) is 5.21. The van der Waals surface area contributed by atoms with Crippen LogP contribution in [0.2, 0.25) is 5.02 Å². The highest BCUT2D eigenvalue weighted by Gasteiger charge is 2.26. The van der Waals surface area contributed by atoms with Gasteiger partial charge in [0.1, 0.15) is 11.6 Å². The van der Waals surface area contributed by atoms with E-state index < -0.39 is 5.97 Å². The number of carboxylic acids is 1. The maximum absolute atomic E-state index is 11.6. The van der Waals surface area contributed by atoms with Crippen molar-refractivity contribution in [3.8, 4) is 0 Å². The van der Waals surface area contributed by atoms with Crippen LogP contribution in [0.4, 0.5) is 11.5 Å². The Hall–Kier alpha value is -2.34. The van der Waals surface area contributed by atoms with Crippen molar-refractivity contribution in [3.63, 3.8) is 0 Å². The van der Waals surface area contributed by atoms with Crippen LogP contribution in [0.1, 0.15) is 34.9 Å². The van der Waals surface area contributed by atoms with Gasteiger partial charge in [0, 0.05) is 17.7 Å². The highest BCUT2D eigenvalue weighted by molar-refractivity contribution is 6.33. The third-order valence-corrected chi connectivity index (χ3v) is 3.51. The molecule has 0 saturated heterocycles. The maximum Gasteiger partial charge on any atom is 0.337 e. The van der Waals surface area contributed by atoms with Crippen molar-refractivity contribution in [2.45, 2.75) is 18.8 Å². The van der Waals surface area contributed by atoms with Crippen LogP contribution in [0.3, 0.4) is 0 Å². The molecule has 1 saturated carbocycles. The molecule has 0 unspecified atom stereocenters. The van der Waals surface area contributed by atoms with E-state index in [0.717, 1.165) is 12.8 Å². The number of hydrogen-bond acceptors (Lipinski definition) is 4. The van der Waals surface area contributed by atoms with Gasteiger partial charge >= 0.3 is 5.97 Å². The summed E-state index contributed by atoms with van der Waals surface area (Å²) >= 11 is 5.90. The largest absolute Gasteiger partial charge is 0.478 e. The summed E-state index contributed by atoms with van der Waals surface area (Å²) in [5.41, 5.74) is 0.382. The van der Waals surface area contributed by atoms with Crippen LogP contribution in [-0.4, -0.2) is 21.0 Å². The van der Waals surface area contributed by atoms with E-state index >= 15 is 0 Å². The average molecular weight is 306 g/mol. The zero-order valence-corrected chi connectivity index (χ0v) is 11.6. The van der Waals surface area contributed by atoms with Crippen molar-refractivity contribution in [3.05, 3.63) is 51.0 Å². The van der Waals surface area contributed by atoms with Crippen molar-refractivity contribution < 1.29 is 9.90 Å². The average Bonchev–Trinajstić information content (AvgIpc) is 3.21. The summed E-state index contributed by atoms with van der Waals surface area (Å²) in [6.07, 6.45) is 2.07. The summed E-state index contributed by atoms with van der Waals surface area (Å²) in [6.45, 7) is 0. The van der Waals surface area contributed by atoms with E-state index in [-0.39, 0.29) is 16.1 Å². The number of benzene rings is 1. The Bertz CT molecular complexity index is 768. The maximum atomic E-state index is 11.6. The van der Waals surface area contributed by atoms with Crippen molar-refractivity contribution >= 4 is 29.1 Å². The predicted molar refractivity (Wildman–Crippen MR) is 78.5 cm³/mol. The quantitative estimate of drug-likeness (QED) is 0.807. The van der Waals surface area contributed by atoms with Crippen LogP contribution in [-0.2, 0) is 0 Å². The first-order chi connectivity index (χ1) is 10.0. The summed E-state index contributed by atoms with van der Waals surface area (Å²) in [4.78, 5) is 29.6. The van der Waals surface area contributed by atoms with E-state index in [1.165, 1.54) is 18.2 Å². The van der Waals surface area contributed by atoms with E-state index in [1.54, 1.807) is 6.07 Å². The topological polar surface area (TPSA) is 95.1 Å². The van der Waals surface area contributed by atoms with Gasteiger partial charge < -0.3 is 15.4 Å². The molecule has 2 aromatic rings. The normalized spacial score (nSPS) is 14.0. The number of H-pyrrole nitrogens is 1. The molecule has 0 spiro atoms. The third-order valence-electron chi connectivity index (χ3n) is 3.20. The molecule has 0 atom stereocenters. The van der Waals surface area contributed by atoms with Crippen molar-refractivity contribution in [2.75, 3.05) is 5.32 Å². The molecule has 1 aliphatic rings. The lowest BCUT2D eigenvalue weighted by Crippen LogP contribution is -2.11. The number of carboxylic acid groups (broad SMARTS) is 1. The Morgan fingerprint density at radius 2 is 2.14 bits per heavy atom. The van der Waals surface area contributed by atoms with Gasteiger partial charge in [0.05, 0.1) is 10.6 Å². The second-order valence-electron chi connectivity index (χ2n) is 4.91. The minimum Gasteiger partial charge on any atom is -0.478 e. The highest BCUT2D eigenvalue weighted by Crippen LogP contribution is 2.37. The smallest absolute Gasteiger partial charge is 0.337 e. The molecule has 1 aromatic heterocycles. The molecule has 6 nitrogen and oxygen atoms in total. The molecule has 1 heterocycles. The Balaban J connectivity index is 1.88. The van der Waals surface area contributed by atoms with E-state index in [1.807, 2.05) is 0 Å². The predicted octanol–water partition coefficient (Wildman–Crippen LogP) is 2.74. The van der Waals surface area contributed by atoms with E-state index in [4.69, 9.17) is 16.7 Å². The molecular weight excluding hydrogens is 294 g/mol. The summed E-state index contributed by atoms with van der Waals surface area (Å²) in [6, 6.07) is 5.83. The number of hydrogen-bond donors (Lipinski definition) is 3. The Morgan fingerprint density at radius 1 is 1.38 bits per heavy atom. The number of nitrogens with zero attached hydrogens (tertiary/aromatic N) is 1. The van der Waals surface area contributed by atoms with Crippen LogP contribution < -0.4 is 10.9 Å². The minimum atomic E-state index is -1.09. The number of halogens is 1. The number of aromatic carboxylic acids is 1. The van der Waals surface area contributed by atoms with Crippen LogP contribution >= 0.6 is 11.6 Å². The number of carbonyl (C=O) groups is 1.